The summed E-state index contributed by atoms with van der Waals surface area (Å²) in [6, 6.07) is 5.36. The average molecular weight is 266 g/mol. The third-order valence-corrected chi connectivity index (χ3v) is 2.61. The lowest BCUT2D eigenvalue weighted by atomic mass is 10.2. The highest BCUT2D eigenvalue weighted by Crippen LogP contribution is 2.20. The average Bonchev–Trinajstić information content (AvgIpc) is 2.35. The fourth-order valence-corrected chi connectivity index (χ4v) is 1.48. The van der Waals surface area contributed by atoms with E-state index in [2.05, 4.69) is 10.3 Å². The van der Waals surface area contributed by atoms with Crippen molar-refractivity contribution >= 4 is 28.9 Å². The summed E-state index contributed by atoms with van der Waals surface area (Å²) in [7, 11) is 0. The number of nitrogen functional groups attached to an aromatic ring is 1. The van der Waals surface area contributed by atoms with Crippen molar-refractivity contribution in [2.75, 3.05) is 11.1 Å². The number of carbonyl (C=O) groups is 1. The number of halogens is 2. The van der Waals surface area contributed by atoms with Crippen LogP contribution in [0.5, 0.6) is 0 Å². The van der Waals surface area contributed by atoms with E-state index >= 15 is 0 Å². The van der Waals surface area contributed by atoms with Crippen molar-refractivity contribution in [2.24, 2.45) is 0 Å². The molecule has 0 saturated carbocycles. The molecule has 0 spiro atoms. The number of amides is 1. The third-order valence-electron chi connectivity index (χ3n) is 2.28. The van der Waals surface area contributed by atoms with Crippen LogP contribution in [0.25, 0.3) is 0 Å². The van der Waals surface area contributed by atoms with Crippen LogP contribution in [0.15, 0.2) is 36.7 Å². The molecule has 4 nitrogen and oxygen atoms in total. The zero-order valence-electron chi connectivity index (χ0n) is 9.15. The topological polar surface area (TPSA) is 68.0 Å². The van der Waals surface area contributed by atoms with Crippen LogP contribution in [0.2, 0.25) is 5.02 Å². The number of benzene rings is 1. The maximum absolute atomic E-state index is 13.2. The number of carbonyl (C=O) groups excluding carboxylic acids is 1. The van der Waals surface area contributed by atoms with Crippen molar-refractivity contribution in [3.8, 4) is 0 Å². The van der Waals surface area contributed by atoms with Crippen LogP contribution in [0.4, 0.5) is 15.8 Å². The van der Waals surface area contributed by atoms with Gasteiger partial charge in [0.25, 0.3) is 5.91 Å². The second kappa shape index (κ2) is 5.01. The molecule has 0 radical (unpaired) electrons. The fourth-order valence-electron chi connectivity index (χ4n) is 1.33. The predicted octanol–water partition coefficient (Wildman–Crippen LogP) is 2.71. The molecule has 0 aliphatic heterocycles. The molecule has 92 valence electrons. The summed E-state index contributed by atoms with van der Waals surface area (Å²) in [4.78, 5) is 15.7. The van der Waals surface area contributed by atoms with E-state index < -0.39 is 11.7 Å². The van der Waals surface area contributed by atoms with Crippen LogP contribution in [0, 0.1) is 5.82 Å². The predicted molar refractivity (Wildman–Crippen MR) is 68.0 cm³/mol. The fraction of sp³-hybridized carbons (Fsp3) is 0. The Balaban J connectivity index is 2.22. The Morgan fingerprint density at radius 2 is 2.17 bits per heavy atom. The number of hydrogen-bond donors (Lipinski definition) is 2. The van der Waals surface area contributed by atoms with Gasteiger partial charge in [0.2, 0.25) is 0 Å². The standard InChI is InChI=1S/C12H9ClFN3O/c13-8-3-4-16-6-11(8)17-12(18)7-1-2-10(15)9(14)5-7/h1-6H,15H2,(H,17,18). The van der Waals surface area contributed by atoms with Crippen LogP contribution in [0.3, 0.4) is 0 Å². The van der Waals surface area contributed by atoms with Crippen LogP contribution in [-0.4, -0.2) is 10.9 Å². The maximum atomic E-state index is 13.2. The third kappa shape index (κ3) is 2.57. The molecule has 0 unspecified atom stereocenters. The van der Waals surface area contributed by atoms with Gasteiger partial charge < -0.3 is 11.1 Å². The molecule has 0 atom stereocenters. The molecule has 1 aromatic heterocycles. The second-order valence-corrected chi connectivity index (χ2v) is 3.95. The minimum atomic E-state index is -0.639. The van der Waals surface area contributed by atoms with E-state index in [-0.39, 0.29) is 11.3 Å². The molecular weight excluding hydrogens is 257 g/mol. The minimum absolute atomic E-state index is 0.00837. The highest BCUT2D eigenvalue weighted by molar-refractivity contribution is 6.33. The van der Waals surface area contributed by atoms with Gasteiger partial charge in [-0.3, -0.25) is 9.78 Å². The smallest absolute Gasteiger partial charge is 0.255 e. The molecular formula is C12H9ClFN3O. The van der Waals surface area contributed by atoms with Gasteiger partial charge >= 0.3 is 0 Å². The van der Waals surface area contributed by atoms with Crippen molar-refractivity contribution in [2.45, 2.75) is 0 Å². The molecule has 3 N–H and O–H groups in total. The maximum Gasteiger partial charge on any atom is 0.255 e. The lowest BCUT2D eigenvalue weighted by Crippen LogP contribution is -2.13. The van der Waals surface area contributed by atoms with Crippen LogP contribution < -0.4 is 11.1 Å². The first-order chi connectivity index (χ1) is 8.58. The van der Waals surface area contributed by atoms with Crippen molar-refractivity contribution in [3.63, 3.8) is 0 Å². The van der Waals surface area contributed by atoms with Crippen molar-refractivity contribution in [1.82, 2.24) is 4.98 Å². The summed E-state index contributed by atoms with van der Waals surface area (Å²) in [6.07, 6.45) is 2.91. The summed E-state index contributed by atoms with van der Waals surface area (Å²) in [5, 5.41) is 2.89. The lowest BCUT2D eigenvalue weighted by Gasteiger charge is -2.07. The van der Waals surface area contributed by atoms with E-state index in [0.29, 0.717) is 10.7 Å². The first-order valence-corrected chi connectivity index (χ1v) is 5.41. The summed E-state index contributed by atoms with van der Waals surface area (Å²) in [5.74, 6) is -1.12. The van der Waals surface area contributed by atoms with Crippen molar-refractivity contribution < 1.29 is 9.18 Å². The van der Waals surface area contributed by atoms with Gasteiger partial charge in [-0.15, -0.1) is 0 Å². The van der Waals surface area contributed by atoms with Crippen LogP contribution >= 0.6 is 11.6 Å². The van der Waals surface area contributed by atoms with Gasteiger partial charge in [-0.2, -0.15) is 0 Å². The Hall–Kier alpha value is -2.14. The SMILES string of the molecule is Nc1ccc(C(=O)Nc2cnccc2Cl)cc1F. The van der Waals surface area contributed by atoms with Gasteiger partial charge in [-0.25, -0.2) is 4.39 Å². The molecule has 6 heteroatoms. The minimum Gasteiger partial charge on any atom is -0.396 e. The van der Waals surface area contributed by atoms with Crippen LogP contribution in [-0.2, 0) is 0 Å². The molecule has 0 aliphatic carbocycles. The number of aromatic nitrogens is 1. The zero-order chi connectivity index (χ0) is 13.1. The molecule has 0 saturated heterocycles. The Morgan fingerprint density at radius 1 is 1.39 bits per heavy atom. The number of nitrogens with zero attached hydrogens (tertiary/aromatic N) is 1. The highest BCUT2D eigenvalue weighted by atomic mass is 35.5. The van der Waals surface area contributed by atoms with E-state index in [0.717, 1.165) is 6.07 Å². The normalized spacial score (nSPS) is 10.1. The monoisotopic (exact) mass is 265 g/mol. The first kappa shape index (κ1) is 12.3. The van der Waals surface area contributed by atoms with E-state index in [9.17, 15) is 9.18 Å². The summed E-state index contributed by atoms with van der Waals surface area (Å²) in [6.45, 7) is 0. The molecule has 1 aromatic carbocycles. The summed E-state index contributed by atoms with van der Waals surface area (Å²) in [5.41, 5.74) is 5.84. The van der Waals surface area contributed by atoms with Gasteiger partial charge in [0.15, 0.2) is 0 Å². The Bertz CT molecular complexity index is 604. The van der Waals surface area contributed by atoms with E-state index in [1.807, 2.05) is 0 Å². The quantitative estimate of drug-likeness (QED) is 0.821. The first-order valence-electron chi connectivity index (χ1n) is 5.04. The lowest BCUT2D eigenvalue weighted by molar-refractivity contribution is 0.102. The van der Waals surface area contributed by atoms with E-state index in [1.165, 1.54) is 24.5 Å². The molecule has 2 aromatic rings. The number of anilines is 2. The summed E-state index contributed by atoms with van der Waals surface area (Å²) >= 11 is 5.86. The molecule has 1 heterocycles. The number of nitrogens with one attached hydrogen (secondary N) is 1. The van der Waals surface area contributed by atoms with Crippen molar-refractivity contribution in [1.29, 1.82) is 0 Å². The van der Waals surface area contributed by atoms with Gasteiger partial charge in [-0.05, 0) is 24.3 Å². The molecule has 18 heavy (non-hydrogen) atoms. The largest absolute Gasteiger partial charge is 0.396 e. The number of nitrogens with two attached hydrogens (primary N) is 1. The Labute approximate surface area is 108 Å². The molecule has 1 amide bonds. The highest BCUT2D eigenvalue weighted by Gasteiger charge is 2.10. The molecule has 0 aliphatic rings. The van der Waals surface area contributed by atoms with Gasteiger partial charge in [0, 0.05) is 11.8 Å². The number of rotatable bonds is 2. The van der Waals surface area contributed by atoms with Gasteiger partial charge in [0.05, 0.1) is 22.6 Å². The molecule has 2 rings (SSSR count). The molecule has 0 bridgehead atoms. The van der Waals surface area contributed by atoms with Gasteiger partial charge in [-0.1, -0.05) is 11.6 Å². The number of pyridine rings is 1. The van der Waals surface area contributed by atoms with Gasteiger partial charge in [0.1, 0.15) is 5.82 Å². The van der Waals surface area contributed by atoms with Crippen molar-refractivity contribution in [3.05, 3.63) is 53.1 Å². The van der Waals surface area contributed by atoms with E-state index in [1.54, 1.807) is 6.07 Å². The van der Waals surface area contributed by atoms with Crippen LogP contribution in [0.1, 0.15) is 10.4 Å². The molecule has 0 fully saturated rings. The Morgan fingerprint density at radius 3 is 2.83 bits per heavy atom. The second-order valence-electron chi connectivity index (χ2n) is 3.55. The zero-order valence-corrected chi connectivity index (χ0v) is 9.91. The van der Waals surface area contributed by atoms with E-state index in [4.69, 9.17) is 17.3 Å². The summed E-state index contributed by atoms with van der Waals surface area (Å²) < 4.78 is 13.2. The Kier molecular flexibility index (Phi) is 3.43. The number of hydrogen-bond acceptors (Lipinski definition) is 3.